The van der Waals surface area contributed by atoms with E-state index in [1.54, 1.807) is 29.2 Å². The predicted octanol–water partition coefficient (Wildman–Crippen LogP) is 2.17. The summed E-state index contributed by atoms with van der Waals surface area (Å²) in [6.07, 6.45) is 0. The second-order valence-electron chi connectivity index (χ2n) is 2.75. The highest BCUT2D eigenvalue weighted by Crippen LogP contribution is 2.03. The lowest BCUT2D eigenvalue weighted by Crippen LogP contribution is -2.30. The molecule has 0 atom stereocenters. The Balaban J connectivity index is 2.94. The Labute approximate surface area is 80.6 Å². The molecule has 1 aromatic rings. The average molecular weight is 179 g/mol. The second-order valence-corrected chi connectivity index (χ2v) is 2.75. The van der Waals surface area contributed by atoms with Crippen LogP contribution in [0.4, 0.5) is 0 Å². The fourth-order valence-electron chi connectivity index (χ4n) is 1.21. The van der Waals surface area contributed by atoms with Crippen molar-refractivity contribution in [3.8, 4) is 0 Å². The van der Waals surface area contributed by atoms with Gasteiger partial charge in [0.05, 0.1) is 1.37 Å². The molecular formula is C11H15NO. The van der Waals surface area contributed by atoms with E-state index in [0.29, 0.717) is 24.7 Å². The lowest BCUT2D eigenvalue weighted by molar-refractivity contribution is 0.0773. The maximum Gasteiger partial charge on any atom is 0.253 e. The number of carbonyl (C=O) groups excluding carboxylic acids is 1. The molecule has 13 heavy (non-hydrogen) atoms. The van der Waals surface area contributed by atoms with Crippen molar-refractivity contribution in [1.29, 1.82) is 0 Å². The SMILES string of the molecule is [3H]c1ccccc1C(=O)N(CC)CC. The standard InChI is InChI=1S/C11H15NO/c1-3-12(4-2)11(13)10-8-6-5-7-9-10/h5-9H,3-4H2,1-2H3/i8T. The number of benzene rings is 1. The monoisotopic (exact) mass is 179 g/mol. The van der Waals surface area contributed by atoms with Crippen molar-refractivity contribution >= 4 is 5.91 Å². The van der Waals surface area contributed by atoms with Crippen molar-refractivity contribution < 1.29 is 6.17 Å². The highest BCUT2D eigenvalue weighted by Gasteiger charge is 2.10. The highest BCUT2D eigenvalue weighted by atomic mass is 16.2. The van der Waals surface area contributed by atoms with Gasteiger partial charge in [-0.1, -0.05) is 18.2 Å². The Morgan fingerprint density at radius 2 is 2.08 bits per heavy atom. The van der Waals surface area contributed by atoms with Gasteiger partial charge in [-0.15, -0.1) is 0 Å². The summed E-state index contributed by atoms with van der Waals surface area (Å²) in [5, 5.41) is 0. The van der Waals surface area contributed by atoms with E-state index >= 15 is 0 Å². The lowest BCUT2D eigenvalue weighted by Gasteiger charge is -2.18. The van der Waals surface area contributed by atoms with Crippen molar-refractivity contribution in [3.63, 3.8) is 0 Å². The van der Waals surface area contributed by atoms with Crippen LogP contribution in [-0.2, 0) is 0 Å². The molecule has 2 nitrogen and oxygen atoms in total. The van der Waals surface area contributed by atoms with Crippen LogP contribution in [0, 0.1) is 0 Å². The van der Waals surface area contributed by atoms with Crippen molar-refractivity contribution in [3.05, 3.63) is 35.9 Å². The van der Waals surface area contributed by atoms with Gasteiger partial charge in [0.1, 0.15) is 0 Å². The van der Waals surface area contributed by atoms with Crippen LogP contribution in [0.3, 0.4) is 0 Å². The Kier molecular flexibility index (Phi) is 2.97. The van der Waals surface area contributed by atoms with Gasteiger partial charge < -0.3 is 4.90 Å². The topological polar surface area (TPSA) is 20.3 Å². The van der Waals surface area contributed by atoms with Gasteiger partial charge in [-0.25, -0.2) is 0 Å². The molecule has 0 radical (unpaired) electrons. The normalized spacial score (nSPS) is 10.8. The molecule has 0 N–H and O–H groups in total. The molecule has 0 aliphatic heterocycles. The molecule has 0 saturated carbocycles. The molecule has 0 unspecified atom stereocenters. The van der Waals surface area contributed by atoms with Crippen LogP contribution in [0.25, 0.3) is 0 Å². The second kappa shape index (κ2) is 4.65. The molecule has 70 valence electrons. The van der Waals surface area contributed by atoms with Crippen LogP contribution < -0.4 is 0 Å². The zero-order chi connectivity index (χ0) is 10.6. The molecule has 0 heterocycles. The zero-order valence-electron chi connectivity index (χ0n) is 9.08. The van der Waals surface area contributed by atoms with Crippen LogP contribution in [0.5, 0.6) is 0 Å². The summed E-state index contributed by atoms with van der Waals surface area (Å²) >= 11 is 0. The fourth-order valence-corrected chi connectivity index (χ4v) is 1.21. The van der Waals surface area contributed by atoms with E-state index in [2.05, 4.69) is 0 Å². The van der Waals surface area contributed by atoms with Crippen LogP contribution in [-0.4, -0.2) is 23.9 Å². The quantitative estimate of drug-likeness (QED) is 0.696. The van der Waals surface area contributed by atoms with Crippen molar-refractivity contribution in [1.82, 2.24) is 4.90 Å². The Morgan fingerprint density at radius 1 is 1.38 bits per heavy atom. The minimum Gasteiger partial charge on any atom is -0.339 e. The van der Waals surface area contributed by atoms with E-state index in [1.165, 1.54) is 0 Å². The van der Waals surface area contributed by atoms with E-state index in [1.807, 2.05) is 13.8 Å². The molecule has 1 rings (SSSR count). The molecule has 0 aromatic heterocycles. The molecule has 0 bridgehead atoms. The molecule has 0 saturated heterocycles. The Bertz CT molecular complexity index is 321. The van der Waals surface area contributed by atoms with Gasteiger partial charge in [0.25, 0.3) is 5.91 Å². The number of carbonyl (C=O) groups is 1. The molecule has 2 heteroatoms. The predicted molar refractivity (Wildman–Crippen MR) is 53.7 cm³/mol. The first-order valence-corrected chi connectivity index (χ1v) is 4.55. The minimum atomic E-state index is -0.0550. The summed E-state index contributed by atoms with van der Waals surface area (Å²) in [4.78, 5) is 13.5. The van der Waals surface area contributed by atoms with Gasteiger partial charge in [-0.05, 0) is 26.0 Å². The van der Waals surface area contributed by atoms with E-state index in [0.717, 1.165) is 0 Å². The molecule has 0 aliphatic carbocycles. The van der Waals surface area contributed by atoms with Gasteiger partial charge in [0, 0.05) is 18.7 Å². The van der Waals surface area contributed by atoms with Crippen LogP contribution in [0.2, 0.25) is 0 Å². The Hall–Kier alpha value is -1.31. The number of rotatable bonds is 3. The molecule has 0 aliphatic rings. The summed E-state index contributed by atoms with van der Waals surface area (Å²) in [5.41, 5.74) is 0.483. The van der Waals surface area contributed by atoms with Crippen molar-refractivity contribution in [2.24, 2.45) is 0 Å². The number of hydrogen-bond acceptors (Lipinski definition) is 1. The zero-order valence-corrected chi connectivity index (χ0v) is 8.08. The molecular weight excluding hydrogens is 162 g/mol. The number of hydrogen-bond donors (Lipinski definition) is 0. The first-order chi connectivity index (χ1) is 6.70. The summed E-state index contributed by atoms with van der Waals surface area (Å²) in [7, 11) is 0. The minimum absolute atomic E-state index is 0.0550. The van der Waals surface area contributed by atoms with E-state index in [9.17, 15) is 4.79 Å². The van der Waals surface area contributed by atoms with Crippen LogP contribution in [0.1, 0.15) is 25.6 Å². The lowest BCUT2D eigenvalue weighted by atomic mass is 10.2. The molecule has 0 fully saturated rings. The average Bonchev–Trinajstić information content (AvgIpc) is 2.20. The highest BCUT2D eigenvalue weighted by molar-refractivity contribution is 5.94. The van der Waals surface area contributed by atoms with E-state index in [4.69, 9.17) is 1.37 Å². The summed E-state index contributed by atoms with van der Waals surface area (Å²) < 4.78 is 7.60. The summed E-state index contributed by atoms with van der Waals surface area (Å²) in [5.74, 6) is -0.0550. The number of nitrogens with zero attached hydrogens (tertiary/aromatic N) is 1. The fraction of sp³-hybridized carbons (Fsp3) is 0.364. The van der Waals surface area contributed by atoms with Gasteiger partial charge in [0.2, 0.25) is 0 Å². The molecule has 1 aromatic carbocycles. The molecule has 1 amide bonds. The number of amides is 1. The maximum absolute atomic E-state index is 11.8. The summed E-state index contributed by atoms with van der Waals surface area (Å²) in [6, 6.07) is 7.18. The van der Waals surface area contributed by atoms with Gasteiger partial charge in [-0.3, -0.25) is 4.79 Å². The third kappa shape index (κ3) is 2.31. The smallest absolute Gasteiger partial charge is 0.253 e. The van der Waals surface area contributed by atoms with Gasteiger partial charge in [0.15, 0.2) is 0 Å². The Morgan fingerprint density at radius 3 is 2.62 bits per heavy atom. The third-order valence-corrected chi connectivity index (χ3v) is 1.99. The first kappa shape index (κ1) is 8.30. The third-order valence-electron chi connectivity index (χ3n) is 1.99. The molecule has 0 spiro atoms. The van der Waals surface area contributed by atoms with Gasteiger partial charge >= 0.3 is 0 Å². The summed E-state index contributed by atoms with van der Waals surface area (Å²) in [6.45, 7) is 5.25. The van der Waals surface area contributed by atoms with Gasteiger partial charge in [-0.2, -0.15) is 0 Å². The van der Waals surface area contributed by atoms with Crippen LogP contribution in [0.15, 0.2) is 30.3 Å². The van der Waals surface area contributed by atoms with E-state index in [-0.39, 0.29) is 5.91 Å². The van der Waals surface area contributed by atoms with Crippen molar-refractivity contribution in [2.75, 3.05) is 13.1 Å². The largest absolute Gasteiger partial charge is 0.339 e. The first-order valence-electron chi connectivity index (χ1n) is 5.05. The maximum atomic E-state index is 11.8. The van der Waals surface area contributed by atoms with Crippen LogP contribution >= 0.6 is 0 Å². The van der Waals surface area contributed by atoms with Crippen molar-refractivity contribution in [2.45, 2.75) is 13.8 Å². The van der Waals surface area contributed by atoms with E-state index < -0.39 is 0 Å².